The van der Waals surface area contributed by atoms with E-state index in [1.807, 2.05) is 11.1 Å². The van der Waals surface area contributed by atoms with Crippen molar-refractivity contribution < 1.29 is 13.9 Å². The van der Waals surface area contributed by atoms with Crippen molar-refractivity contribution in [2.24, 2.45) is 0 Å². The number of rotatable bonds is 3. The minimum absolute atomic E-state index is 0.120. The highest BCUT2D eigenvalue weighted by Crippen LogP contribution is 2.33. The van der Waals surface area contributed by atoms with Gasteiger partial charge in [0.25, 0.3) is 5.91 Å². The van der Waals surface area contributed by atoms with Crippen molar-refractivity contribution in [3.63, 3.8) is 0 Å². The van der Waals surface area contributed by atoms with Crippen LogP contribution in [0.2, 0.25) is 5.02 Å². The Kier molecular flexibility index (Phi) is 4.13. The summed E-state index contributed by atoms with van der Waals surface area (Å²) >= 11 is 6.09. The number of carbonyl (C=O) groups is 1. The summed E-state index contributed by atoms with van der Waals surface area (Å²) < 4.78 is 11.1. The van der Waals surface area contributed by atoms with E-state index in [1.165, 1.54) is 0 Å². The fourth-order valence-corrected chi connectivity index (χ4v) is 3.60. The molecule has 3 aromatic rings. The Morgan fingerprint density at radius 2 is 2.32 bits per heavy atom. The fraction of sp³-hybridized carbons (Fsp3) is 0.333. The highest BCUT2D eigenvalue weighted by atomic mass is 35.5. The molecule has 1 amide bonds. The van der Waals surface area contributed by atoms with E-state index < -0.39 is 0 Å². The van der Waals surface area contributed by atoms with Gasteiger partial charge in [-0.25, -0.2) is 4.98 Å². The van der Waals surface area contributed by atoms with Gasteiger partial charge in [0.05, 0.1) is 7.11 Å². The van der Waals surface area contributed by atoms with Crippen LogP contribution in [-0.2, 0) is 0 Å². The summed E-state index contributed by atoms with van der Waals surface area (Å²) in [7, 11) is 1.55. The minimum Gasteiger partial charge on any atom is -0.493 e. The van der Waals surface area contributed by atoms with Crippen molar-refractivity contribution in [1.82, 2.24) is 14.9 Å². The molecule has 1 fully saturated rings. The maximum atomic E-state index is 12.9. The summed E-state index contributed by atoms with van der Waals surface area (Å²) in [4.78, 5) is 22.2. The molecular weight excluding hydrogens is 342 g/mol. The van der Waals surface area contributed by atoms with Crippen LogP contribution in [-0.4, -0.2) is 41.0 Å². The number of aromatic nitrogens is 2. The molecule has 1 saturated heterocycles. The lowest BCUT2D eigenvalue weighted by Crippen LogP contribution is -2.39. The quantitative estimate of drug-likeness (QED) is 0.771. The maximum Gasteiger partial charge on any atom is 0.289 e. The van der Waals surface area contributed by atoms with Gasteiger partial charge in [0, 0.05) is 47.9 Å². The predicted octanol–water partition coefficient (Wildman–Crippen LogP) is 3.84. The van der Waals surface area contributed by atoms with E-state index in [1.54, 1.807) is 31.5 Å². The fourth-order valence-electron chi connectivity index (χ4n) is 3.38. The second-order valence-corrected chi connectivity index (χ2v) is 6.64. The van der Waals surface area contributed by atoms with Gasteiger partial charge in [0.15, 0.2) is 17.1 Å². The third kappa shape index (κ3) is 2.98. The van der Waals surface area contributed by atoms with Crippen molar-refractivity contribution in [3.8, 4) is 5.75 Å². The lowest BCUT2D eigenvalue weighted by molar-refractivity contribution is 0.0675. The molecule has 1 N–H and O–H groups in total. The van der Waals surface area contributed by atoms with Crippen molar-refractivity contribution in [1.29, 1.82) is 0 Å². The molecule has 0 spiro atoms. The van der Waals surface area contributed by atoms with E-state index in [4.69, 9.17) is 20.8 Å². The number of halogens is 1. The summed E-state index contributed by atoms with van der Waals surface area (Å²) in [5.41, 5.74) is 0.537. The number of aromatic amines is 1. The van der Waals surface area contributed by atoms with Gasteiger partial charge in [-0.05, 0) is 25.0 Å². The van der Waals surface area contributed by atoms with E-state index >= 15 is 0 Å². The number of methoxy groups -OCH3 is 1. The molecule has 7 heteroatoms. The molecule has 0 radical (unpaired) electrons. The summed E-state index contributed by atoms with van der Waals surface area (Å²) in [6.45, 7) is 1.34. The Morgan fingerprint density at radius 1 is 1.44 bits per heavy atom. The van der Waals surface area contributed by atoms with Crippen LogP contribution in [0.4, 0.5) is 0 Å². The molecule has 0 bridgehead atoms. The summed E-state index contributed by atoms with van der Waals surface area (Å²) in [6, 6.07) is 5.17. The largest absolute Gasteiger partial charge is 0.493 e. The molecular formula is C18H18ClN3O3. The van der Waals surface area contributed by atoms with Gasteiger partial charge in [0.1, 0.15) is 5.82 Å². The topological polar surface area (TPSA) is 71.4 Å². The second kappa shape index (κ2) is 6.44. The number of H-pyrrole nitrogens is 1. The number of nitrogens with zero attached hydrogens (tertiary/aromatic N) is 2. The lowest BCUT2D eigenvalue weighted by atomic mass is 9.97. The summed E-state index contributed by atoms with van der Waals surface area (Å²) in [5, 5.41) is 1.30. The van der Waals surface area contributed by atoms with Crippen LogP contribution in [0.15, 0.2) is 35.0 Å². The highest BCUT2D eigenvalue weighted by Gasteiger charge is 2.28. The normalized spacial score (nSPS) is 17.8. The number of carbonyl (C=O) groups excluding carboxylic acids is 1. The number of ether oxygens (including phenoxy) is 1. The third-order valence-electron chi connectivity index (χ3n) is 4.59. The monoisotopic (exact) mass is 359 g/mol. The van der Waals surface area contributed by atoms with Gasteiger partial charge in [-0.1, -0.05) is 11.6 Å². The molecule has 1 atom stereocenters. The Labute approximate surface area is 149 Å². The van der Waals surface area contributed by atoms with Crippen LogP contribution < -0.4 is 4.74 Å². The molecule has 2 aromatic heterocycles. The first-order valence-electron chi connectivity index (χ1n) is 8.21. The Morgan fingerprint density at radius 3 is 3.08 bits per heavy atom. The number of furan rings is 1. The predicted molar refractivity (Wildman–Crippen MR) is 94.2 cm³/mol. The number of benzene rings is 1. The van der Waals surface area contributed by atoms with Crippen LogP contribution in [0, 0.1) is 0 Å². The zero-order valence-corrected chi connectivity index (χ0v) is 14.5. The highest BCUT2D eigenvalue weighted by molar-refractivity contribution is 6.31. The molecule has 25 heavy (non-hydrogen) atoms. The average molecular weight is 360 g/mol. The number of piperidine rings is 1. The Balaban J connectivity index is 1.61. The molecule has 6 nitrogen and oxygen atoms in total. The number of hydrogen-bond acceptors (Lipinski definition) is 4. The number of amides is 1. The molecule has 4 rings (SSSR count). The first kappa shape index (κ1) is 16.0. The molecule has 0 aliphatic carbocycles. The zero-order chi connectivity index (χ0) is 17.4. The first-order chi connectivity index (χ1) is 12.2. The smallest absolute Gasteiger partial charge is 0.289 e. The van der Waals surface area contributed by atoms with Gasteiger partial charge in [-0.3, -0.25) is 4.79 Å². The maximum absolute atomic E-state index is 12.9. The van der Waals surface area contributed by atoms with E-state index in [9.17, 15) is 4.79 Å². The van der Waals surface area contributed by atoms with Gasteiger partial charge in [-0.15, -0.1) is 0 Å². The SMILES string of the molecule is COc1cc(Cl)cc2cc(C(=O)N3CCC[C@H](c4ncc[nH]4)C3)oc12. The molecule has 1 aliphatic rings. The van der Waals surface area contributed by atoms with E-state index in [2.05, 4.69) is 9.97 Å². The molecule has 0 saturated carbocycles. The number of nitrogens with one attached hydrogen (secondary N) is 1. The van der Waals surface area contributed by atoms with Crippen LogP contribution in [0.5, 0.6) is 5.75 Å². The van der Waals surface area contributed by atoms with Crippen molar-refractivity contribution >= 4 is 28.5 Å². The van der Waals surface area contributed by atoms with Crippen molar-refractivity contribution in [2.75, 3.05) is 20.2 Å². The molecule has 0 unspecified atom stereocenters. The number of imidazole rings is 1. The zero-order valence-electron chi connectivity index (χ0n) is 13.8. The second-order valence-electron chi connectivity index (χ2n) is 6.20. The van der Waals surface area contributed by atoms with Crippen LogP contribution >= 0.6 is 11.6 Å². The third-order valence-corrected chi connectivity index (χ3v) is 4.81. The molecule has 1 aliphatic heterocycles. The number of hydrogen-bond donors (Lipinski definition) is 1. The van der Waals surface area contributed by atoms with E-state index in [-0.39, 0.29) is 11.8 Å². The van der Waals surface area contributed by atoms with Crippen LogP contribution in [0.3, 0.4) is 0 Å². The van der Waals surface area contributed by atoms with Gasteiger partial charge >= 0.3 is 0 Å². The molecule has 3 heterocycles. The van der Waals surface area contributed by atoms with E-state index in [0.29, 0.717) is 35.2 Å². The van der Waals surface area contributed by atoms with Gasteiger partial charge in [0.2, 0.25) is 0 Å². The lowest BCUT2D eigenvalue weighted by Gasteiger charge is -2.31. The van der Waals surface area contributed by atoms with Crippen LogP contribution in [0.25, 0.3) is 11.0 Å². The minimum atomic E-state index is -0.120. The average Bonchev–Trinajstić information content (AvgIpc) is 3.30. The Hall–Kier alpha value is -2.47. The number of fused-ring (bicyclic) bond motifs is 1. The molecule has 1 aromatic carbocycles. The van der Waals surface area contributed by atoms with E-state index in [0.717, 1.165) is 24.1 Å². The Bertz CT molecular complexity index is 904. The van der Waals surface area contributed by atoms with Gasteiger partial charge in [-0.2, -0.15) is 0 Å². The summed E-state index contributed by atoms with van der Waals surface area (Å²) in [6.07, 6.45) is 5.50. The first-order valence-corrected chi connectivity index (χ1v) is 8.59. The summed E-state index contributed by atoms with van der Waals surface area (Å²) in [5.74, 6) is 1.85. The standard InChI is InChI=1S/C18H18ClN3O3/c1-24-14-9-13(19)7-12-8-15(25-16(12)14)18(23)22-6-2-3-11(10-22)17-20-4-5-21-17/h4-5,7-9,11H,2-3,6,10H2,1H3,(H,20,21)/t11-/m0/s1. The number of likely N-dealkylation sites (tertiary alicyclic amines) is 1. The van der Waals surface area contributed by atoms with Crippen molar-refractivity contribution in [2.45, 2.75) is 18.8 Å². The van der Waals surface area contributed by atoms with Crippen LogP contribution in [0.1, 0.15) is 35.1 Å². The molecule has 130 valence electrons. The van der Waals surface area contributed by atoms with Crippen molar-refractivity contribution in [3.05, 3.63) is 47.2 Å². The van der Waals surface area contributed by atoms with Gasteiger partial charge < -0.3 is 19.0 Å².